The molecule has 7 nitrogen and oxygen atoms in total. The molecule has 3 aromatic rings. The van der Waals surface area contributed by atoms with Crippen molar-refractivity contribution in [3.8, 4) is 11.4 Å². The summed E-state index contributed by atoms with van der Waals surface area (Å²) in [5.41, 5.74) is 13.9. The van der Waals surface area contributed by atoms with E-state index in [9.17, 15) is 4.79 Å². The molecule has 1 saturated heterocycles. The molecule has 35 heavy (non-hydrogen) atoms. The predicted molar refractivity (Wildman–Crippen MR) is 141 cm³/mol. The second kappa shape index (κ2) is 9.66. The molecular weight excluding hydrogens is 436 g/mol. The monoisotopic (exact) mass is 470 g/mol. The molecule has 0 aliphatic carbocycles. The van der Waals surface area contributed by atoms with Gasteiger partial charge >= 0.3 is 0 Å². The summed E-state index contributed by atoms with van der Waals surface area (Å²) in [7, 11) is 0. The molecule has 0 radical (unpaired) electrons. The van der Waals surface area contributed by atoms with E-state index in [0.717, 1.165) is 68.6 Å². The van der Waals surface area contributed by atoms with E-state index in [1.807, 2.05) is 0 Å². The lowest BCUT2D eigenvalue weighted by Crippen LogP contribution is -2.49. The van der Waals surface area contributed by atoms with E-state index in [0.29, 0.717) is 6.54 Å². The van der Waals surface area contributed by atoms with Gasteiger partial charge in [-0.15, -0.1) is 0 Å². The first-order valence-corrected chi connectivity index (χ1v) is 12.4. The number of primary amides is 1. The standard InChI is InChI=1S/C28H34N6O/c1-19-7-4-5-10-24(19)34-12-11-23-22(17-34)28(33-15-13-32(14-16-33)18-25(29)35)31-27(30-23)26-20(2)8-6-9-21(26)3/h4-10H,11-18H2,1-3H3,(H2,29,35). The zero-order valence-corrected chi connectivity index (χ0v) is 20.9. The van der Waals surface area contributed by atoms with Gasteiger partial charge in [-0.2, -0.15) is 0 Å². The van der Waals surface area contributed by atoms with Crippen molar-refractivity contribution < 1.29 is 4.79 Å². The maximum atomic E-state index is 11.4. The van der Waals surface area contributed by atoms with Crippen molar-refractivity contribution >= 4 is 17.4 Å². The van der Waals surface area contributed by atoms with E-state index in [2.05, 4.69) is 77.9 Å². The van der Waals surface area contributed by atoms with Crippen LogP contribution in [-0.2, 0) is 17.8 Å². The van der Waals surface area contributed by atoms with E-state index < -0.39 is 0 Å². The number of nitrogens with two attached hydrogens (primary N) is 1. The molecule has 5 rings (SSSR count). The van der Waals surface area contributed by atoms with Gasteiger partial charge in [0.25, 0.3) is 0 Å². The van der Waals surface area contributed by atoms with Crippen molar-refractivity contribution in [2.24, 2.45) is 5.73 Å². The maximum absolute atomic E-state index is 11.4. The van der Waals surface area contributed by atoms with Gasteiger partial charge < -0.3 is 15.5 Å². The summed E-state index contributed by atoms with van der Waals surface area (Å²) in [4.78, 5) is 28.7. The van der Waals surface area contributed by atoms with Gasteiger partial charge in [-0.1, -0.05) is 36.4 Å². The number of aryl methyl sites for hydroxylation is 3. The number of piperazine rings is 1. The normalized spacial score (nSPS) is 16.3. The Morgan fingerprint density at radius 3 is 2.23 bits per heavy atom. The summed E-state index contributed by atoms with van der Waals surface area (Å²) in [6, 6.07) is 14.9. The van der Waals surface area contributed by atoms with Crippen LogP contribution >= 0.6 is 0 Å². The minimum absolute atomic E-state index is 0.274. The molecule has 3 heterocycles. The third-order valence-corrected chi connectivity index (χ3v) is 7.25. The smallest absolute Gasteiger partial charge is 0.231 e. The fraction of sp³-hybridized carbons (Fsp3) is 0.393. The lowest BCUT2D eigenvalue weighted by atomic mass is 10.00. The Balaban J connectivity index is 1.54. The number of anilines is 2. The lowest BCUT2D eigenvalue weighted by Gasteiger charge is -2.38. The largest absolute Gasteiger partial charge is 0.369 e. The first-order chi connectivity index (χ1) is 16.9. The maximum Gasteiger partial charge on any atom is 0.231 e. The molecular formula is C28H34N6O. The van der Waals surface area contributed by atoms with Gasteiger partial charge in [-0.3, -0.25) is 9.69 Å². The van der Waals surface area contributed by atoms with Crippen LogP contribution in [0.3, 0.4) is 0 Å². The highest BCUT2D eigenvalue weighted by Gasteiger charge is 2.29. The number of aromatic nitrogens is 2. The van der Waals surface area contributed by atoms with Crippen LogP contribution in [0.25, 0.3) is 11.4 Å². The fourth-order valence-corrected chi connectivity index (χ4v) is 5.40. The number of rotatable bonds is 5. The highest BCUT2D eigenvalue weighted by molar-refractivity contribution is 5.76. The Bertz CT molecular complexity index is 1230. The van der Waals surface area contributed by atoms with Gasteiger partial charge in [-0.05, 0) is 43.5 Å². The Kier molecular flexibility index (Phi) is 6.43. The Morgan fingerprint density at radius 1 is 0.857 bits per heavy atom. The van der Waals surface area contributed by atoms with Crippen molar-refractivity contribution in [1.82, 2.24) is 14.9 Å². The van der Waals surface area contributed by atoms with Gasteiger partial charge in [0.05, 0.1) is 12.2 Å². The average molecular weight is 471 g/mol. The molecule has 1 amide bonds. The van der Waals surface area contributed by atoms with Crippen molar-refractivity contribution in [2.45, 2.75) is 33.7 Å². The minimum Gasteiger partial charge on any atom is -0.369 e. The third kappa shape index (κ3) is 4.73. The first kappa shape index (κ1) is 23.3. The average Bonchev–Trinajstić information content (AvgIpc) is 2.84. The third-order valence-electron chi connectivity index (χ3n) is 7.25. The topological polar surface area (TPSA) is 78.6 Å². The quantitative estimate of drug-likeness (QED) is 0.617. The number of carbonyl (C=O) groups is 1. The van der Waals surface area contributed by atoms with E-state index in [-0.39, 0.29) is 5.91 Å². The van der Waals surface area contributed by atoms with Crippen LogP contribution in [0.1, 0.15) is 27.9 Å². The molecule has 1 fully saturated rings. The van der Waals surface area contributed by atoms with Gasteiger partial charge in [0.1, 0.15) is 5.82 Å². The SMILES string of the molecule is Cc1ccccc1N1CCc2nc(-c3c(C)cccc3C)nc(N3CCN(CC(N)=O)CC3)c2C1. The number of benzene rings is 2. The Hall–Kier alpha value is -3.45. The summed E-state index contributed by atoms with van der Waals surface area (Å²) >= 11 is 0. The van der Waals surface area contributed by atoms with Gasteiger partial charge in [0.2, 0.25) is 5.91 Å². The van der Waals surface area contributed by atoms with E-state index in [4.69, 9.17) is 15.7 Å². The van der Waals surface area contributed by atoms with Crippen LogP contribution in [0.15, 0.2) is 42.5 Å². The summed E-state index contributed by atoms with van der Waals surface area (Å²) in [6.45, 7) is 11.7. The predicted octanol–water partition coefficient (Wildman–Crippen LogP) is 3.24. The fourth-order valence-electron chi connectivity index (χ4n) is 5.40. The van der Waals surface area contributed by atoms with Crippen LogP contribution in [0.2, 0.25) is 0 Å². The number of hydrogen-bond donors (Lipinski definition) is 1. The van der Waals surface area contributed by atoms with Crippen molar-refractivity contribution in [2.75, 3.05) is 49.1 Å². The number of amides is 1. The summed E-state index contributed by atoms with van der Waals surface area (Å²) in [5, 5.41) is 0. The van der Waals surface area contributed by atoms with Crippen LogP contribution < -0.4 is 15.5 Å². The molecule has 2 aliphatic heterocycles. The summed E-state index contributed by atoms with van der Waals surface area (Å²) < 4.78 is 0. The molecule has 2 aliphatic rings. The second-order valence-corrected chi connectivity index (χ2v) is 9.75. The molecule has 0 atom stereocenters. The summed E-state index contributed by atoms with van der Waals surface area (Å²) in [6.07, 6.45) is 0.888. The van der Waals surface area contributed by atoms with Gasteiger partial charge in [0.15, 0.2) is 5.82 Å². The van der Waals surface area contributed by atoms with Crippen LogP contribution in [0, 0.1) is 20.8 Å². The van der Waals surface area contributed by atoms with Crippen molar-refractivity contribution in [3.63, 3.8) is 0 Å². The van der Waals surface area contributed by atoms with E-state index >= 15 is 0 Å². The number of hydrogen-bond acceptors (Lipinski definition) is 6. The molecule has 0 unspecified atom stereocenters. The minimum atomic E-state index is -0.274. The Labute approximate surface area is 207 Å². The molecule has 0 bridgehead atoms. The zero-order valence-electron chi connectivity index (χ0n) is 20.9. The molecule has 2 aromatic carbocycles. The summed E-state index contributed by atoms with van der Waals surface area (Å²) in [5.74, 6) is 1.58. The van der Waals surface area contributed by atoms with Crippen molar-refractivity contribution in [1.29, 1.82) is 0 Å². The van der Waals surface area contributed by atoms with Gasteiger partial charge in [0, 0.05) is 62.5 Å². The first-order valence-electron chi connectivity index (χ1n) is 12.4. The molecule has 7 heteroatoms. The molecule has 0 spiro atoms. The number of fused-ring (bicyclic) bond motifs is 1. The van der Waals surface area contributed by atoms with E-state index in [1.165, 1.54) is 27.9 Å². The zero-order chi connectivity index (χ0) is 24.5. The second-order valence-electron chi connectivity index (χ2n) is 9.75. The van der Waals surface area contributed by atoms with Crippen LogP contribution in [-0.4, -0.2) is 60.0 Å². The van der Waals surface area contributed by atoms with Crippen LogP contribution in [0.5, 0.6) is 0 Å². The number of carbonyl (C=O) groups excluding carboxylic acids is 1. The highest BCUT2D eigenvalue weighted by atomic mass is 16.1. The van der Waals surface area contributed by atoms with Crippen LogP contribution in [0.4, 0.5) is 11.5 Å². The molecule has 182 valence electrons. The Morgan fingerprint density at radius 2 is 1.54 bits per heavy atom. The number of nitrogens with zero attached hydrogens (tertiary/aromatic N) is 5. The molecule has 2 N–H and O–H groups in total. The van der Waals surface area contributed by atoms with E-state index in [1.54, 1.807) is 0 Å². The lowest BCUT2D eigenvalue weighted by molar-refractivity contribution is -0.119. The van der Waals surface area contributed by atoms with Gasteiger partial charge in [-0.25, -0.2) is 9.97 Å². The molecule has 0 saturated carbocycles. The highest BCUT2D eigenvalue weighted by Crippen LogP contribution is 2.34. The number of para-hydroxylation sites is 1. The molecule has 1 aromatic heterocycles. The van der Waals surface area contributed by atoms with Crippen molar-refractivity contribution in [3.05, 3.63) is 70.4 Å².